The average molecular weight is 446 g/mol. The minimum Gasteiger partial charge on any atom is -0.385 e. The number of benzene rings is 1. The van der Waals surface area contributed by atoms with Gasteiger partial charge in [0.05, 0.1) is 6.54 Å². The summed E-state index contributed by atoms with van der Waals surface area (Å²) in [5.41, 5.74) is 1.87. The minimum atomic E-state index is -0.378. The number of rotatable bonds is 10. The number of ether oxygens (including phenoxy) is 1. The van der Waals surface area contributed by atoms with Gasteiger partial charge in [-0.05, 0) is 56.7 Å². The van der Waals surface area contributed by atoms with Gasteiger partial charge >= 0.3 is 6.03 Å². The van der Waals surface area contributed by atoms with E-state index in [1.807, 2.05) is 61.4 Å². The minimum absolute atomic E-state index is 0.0306. The summed E-state index contributed by atoms with van der Waals surface area (Å²) < 4.78 is 5.14. The number of nitrogens with zero attached hydrogens (tertiary/aromatic N) is 2. The lowest BCUT2D eigenvalue weighted by molar-refractivity contribution is -0.133. The highest BCUT2D eigenvalue weighted by atomic mass is 32.1. The van der Waals surface area contributed by atoms with Gasteiger partial charge in [0.15, 0.2) is 0 Å². The van der Waals surface area contributed by atoms with E-state index >= 15 is 0 Å². The maximum Gasteiger partial charge on any atom is 0.318 e. The van der Waals surface area contributed by atoms with Crippen molar-refractivity contribution in [1.29, 1.82) is 0 Å². The van der Waals surface area contributed by atoms with Crippen molar-refractivity contribution >= 4 is 23.3 Å². The van der Waals surface area contributed by atoms with Gasteiger partial charge < -0.3 is 19.9 Å². The smallest absolute Gasteiger partial charge is 0.318 e. The monoisotopic (exact) mass is 445 g/mol. The number of hydrogen-bond acceptors (Lipinski definition) is 4. The number of amides is 3. The van der Waals surface area contributed by atoms with Gasteiger partial charge in [0.1, 0.15) is 6.54 Å². The molecule has 1 aromatic carbocycles. The molecule has 1 heterocycles. The summed E-state index contributed by atoms with van der Waals surface area (Å²) in [6, 6.07) is 11.8. The topological polar surface area (TPSA) is 61.9 Å². The third kappa shape index (κ3) is 8.71. The van der Waals surface area contributed by atoms with E-state index in [2.05, 4.69) is 18.3 Å². The van der Waals surface area contributed by atoms with Gasteiger partial charge in [-0.2, -0.15) is 0 Å². The molecular weight excluding hydrogens is 410 g/mol. The second-order valence-electron chi connectivity index (χ2n) is 8.71. The van der Waals surface area contributed by atoms with Crippen LogP contribution in [0.5, 0.6) is 0 Å². The highest BCUT2D eigenvalue weighted by Gasteiger charge is 2.24. The Morgan fingerprint density at radius 1 is 1.06 bits per heavy atom. The number of nitrogens with one attached hydrogen (secondary N) is 1. The Labute approximate surface area is 190 Å². The Morgan fingerprint density at radius 3 is 2.35 bits per heavy atom. The average Bonchev–Trinajstić information content (AvgIpc) is 3.10. The van der Waals surface area contributed by atoms with E-state index in [0.29, 0.717) is 32.7 Å². The van der Waals surface area contributed by atoms with Crippen LogP contribution in [0.3, 0.4) is 0 Å². The summed E-state index contributed by atoms with van der Waals surface area (Å²) in [5.74, 6) is -0.0712. The SMILES string of the molecule is COCCCN(CC(=O)N(Cc1ccccc1)Cc1sccc1C)C(=O)NC(C)(C)C. The lowest BCUT2D eigenvalue weighted by atomic mass is 10.1. The van der Waals surface area contributed by atoms with Crippen molar-refractivity contribution in [3.8, 4) is 0 Å². The zero-order chi connectivity index (χ0) is 22.9. The van der Waals surface area contributed by atoms with Crippen LogP contribution in [-0.2, 0) is 22.6 Å². The third-order valence-electron chi connectivity index (χ3n) is 4.74. The number of carbonyl (C=O) groups excluding carboxylic acids is 2. The quantitative estimate of drug-likeness (QED) is 0.550. The van der Waals surface area contributed by atoms with Crippen molar-refractivity contribution in [3.63, 3.8) is 0 Å². The molecule has 1 N–H and O–H groups in total. The van der Waals surface area contributed by atoms with E-state index in [0.717, 1.165) is 10.4 Å². The first-order valence-electron chi connectivity index (χ1n) is 10.6. The fraction of sp³-hybridized carbons (Fsp3) is 0.500. The van der Waals surface area contributed by atoms with E-state index in [9.17, 15) is 9.59 Å². The molecule has 3 amide bonds. The van der Waals surface area contributed by atoms with Gasteiger partial charge in [0.2, 0.25) is 5.91 Å². The lowest BCUT2D eigenvalue weighted by Gasteiger charge is -2.30. The van der Waals surface area contributed by atoms with Crippen molar-refractivity contribution in [3.05, 3.63) is 57.8 Å². The van der Waals surface area contributed by atoms with Crippen molar-refractivity contribution in [2.24, 2.45) is 0 Å². The van der Waals surface area contributed by atoms with Crippen LogP contribution in [0.25, 0.3) is 0 Å². The second-order valence-corrected chi connectivity index (χ2v) is 9.71. The number of aryl methyl sites for hydroxylation is 1. The second kappa shape index (κ2) is 11.9. The standard InChI is InChI=1S/C24H35N3O3S/c1-19-12-15-31-21(19)17-27(16-20-10-7-6-8-11-20)22(28)18-26(13-9-14-30-5)23(29)25-24(2,3)4/h6-8,10-12,15H,9,13-14,16-18H2,1-5H3,(H,25,29). The van der Waals surface area contributed by atoms with E-state index in [-0.39, 0.29) is 24.0 Å². The molecule has 0 fully saturated rings. The molecule has 2 rings (SSSR count). The molecule has 2 aromatic rings. The first-order chi connectivity index (χ1) is 14.7. The summed E-state index contributed by atoms with van der Waals surface area (Å²) in [5, 5.41) is 5.02. The Bertz CT molecular complexity index is 830. The Morgan fingerprint density at radius 2 is 1.77 bits per heavy atom. The van der Waals surface area contributed by atoms with Crippen LogP contribution in [0.2, 0.25) is 0 Å². The molecule has 0 saturated heterocycles. The van der Waals surface area contributed by atoms with E-state index in [4.69, 9.17) is 4.74 Å². The summed E-state index contributed by atoms with van der Waals surface area (Å²) in [7, 11) is 1.63. The normalized spacial score (nSPS) is 11.3. The largest absolute Gasteiger partial charge is 0.385 e. The maximum absolute atomic E-state index is 13.4. The Balaban J connectivity index is 2.18. The van der Waals surface area contributed by atoms with Crippen LogP contribution in [0, 0.1) is 6.92 Å². The molecule has 0 saturated carbocycles. The lowest BCUT2D eigenvalue weighted by Crippen LogP contribution is -2.51. The van der Waals surface area contributed by atoms with Gasteiger partial charge in [0.25, 0.3) is 0 Å². The molecule has 0 atom stereocenters. The number of urea groups is 1. The molecule has 0 aliphatic carbocycles. The summed E-state index contributed by atoms with van der Waals surface area (Å²) in [6.45, 7) is 9.92. The van der Waals surface area contributed by atoms with Crippen molar-refractivity contribution in [2.45, 2.75) is 52.7 Å². The summed E-state index contributed by atoms with van der Waals surface area (Å²) in [4.78, 5) is 30.8. The molecule has 170 valence electrons. The highest BCUT2D eigenvalue weighted by Crippen LogP contribution is 2.20. The highest BCUT2D eigenvalue weighted by molar-refractivity contribution is 7.10. The van der Waals surface area contributed by atoms with Crippen LogP contribution in [0.1, 0.15) is 43.2 Å². The third-order valence-corrected chi connectivity index (χ3v) is 5.75. The Kier molecular flexibility index (Phi) is 9.52. The molecule has 0 spiro atoms. The predicted octanol–water partition coefficient (Wildman–Crippen LogP) is 4.43. The van der Waals surface area contributed by atoms with Gasteiger partial charge in [-0.1, -0.05) is 30.3 Å². The van der Waals surface area contributed by atoms with E-state index in [1.54, 1.807) is 23.3 Å². The number of hydrogen-bond donors (Lipinski definition) is 1. The van der Waals surface area contributed by atoms with Crippen LogP contribution in [0.15, 0.2) is 41.8 Å². The fourth-order valence-electron chi connectivity index (χ4n) is 3.09. The van der Waals surface area contributed by atoms with Crippen LogP contribution in [0.4, 0.5) is 4.79 Å². The molecule has 7 heteroatoms. The van der Waals surface area contributed by atoms with Gasteiger partial charge in [-0.15, -0.1) is 11.3 Å². The van der Waals surface area contributed by atoms with E-state index in [1.165, 1.54) is 5.56 Å². The predicted molar refractivity (Wildman–Crippen MR) is 126 cm³/mol. The zero-order valence-electron chi connectivity index (χ0n) is 19.3. The fourth-order valence-corrected chi connectivity index (χ4v) is 4.01. The molecule has 1 aromatic heterocycles. The van der Waals surface area contributed by atoms with Gasteiger partial charge in [-0.3, -0.25) is 4.79 Å². The Hall–Kier alpha value is -2.38. The van der Waals surface area contributed by atoms with E-state index < -0.39 is 0 Å². The van der Waals surface area contributed by atoms with Crippen LogP contribution >= 0.6 is 11.3 Å². The van der Waals surface area contributed by atoms with Gasteiger partial charge in [0, 0.05) is 37.2 Å². The van der Waals surface area contributed by atoms with Crippen LogP contribution < -0.4 is 5.32 Å². The summed E-state index contributed by atoms with van der Waals surface area (Å²) in [6.07, 6.45) is 0.671. The molecule has 0 unspecified atom stereocenters. The first-order valence-corrected chi connectivity index (χ1v) is 11.5. The first kappa shape index (κ1) is 24.9. The van der Waals surface area contributed by atoms with Crippen molar-refractivity contribution < 1.29 is 14.3 Å². The molecule has 0 bridgehead atoms. The molecule has 0 aliphatic rings. The molecule has 31 heavy (non-hydrogen) atoms. The van der Waals surface area contributed by atoms with Gasteiger partial charge in [-0.25, -0.2) is 4.79 Å². The molecular formula is C24H35N3O3S. The zero-order valence-corrected chi connectivity index (χ0v) is 20.1. The van der Waals surface area contributed by atoms with Crippen LogP contribution in [-0.4, -0.2) is 54.1 Å². The molecule has 0 aliphatic heterocycles. The van der Waals surface area contributed by atoms with Crippen molar-refractivity contribution in [2.75, 3.05) is 26.8 Å². The number of methoxy groups -OCH3 is 1. The number of thiophene rings is 1. The molecule has 6 nitrogen and oxygen atoms in total. The molecule has 0 radical (unpaired) electrons. The summed E-state index contributed by atoms with van der Waals surface area (Å²) >= 11 is 1.65. The number of carbonyl (C=O) groups is 2. The van der Waals surface area contributed by atoms with Crippen molar-refractivity contribution in [1.82, 2.24) is 15.1 Å². The maximum atomic E-state index is 13.4.